The van der Waals surface area contributed by atoms with Gasteiger partial charge in [0.1, 0.15) is 69.8 Å². The summed E-state index contributed by atoms with van der Waals surface area (Å²) in [7, 11) is 0. The molecule has 5 aromatic rings. The quantitative estimate of drug-likeness (QED) is 0.0198. The van der Waals surface area contributed by atoms with Gasteiger partial charge in [0, 0.05) is 17.9 Å². The average molecular weight is 2780 g/mol. The summed E-state index contributed by atoms with van der Waals surface area (Å²) in [6, 6.07) is 29.3. The van der Waals surface area contributed by atoms with Crippen LogP contribution in [0.25, 0.3) is 0 Å². The summed E-state index contributed by atoms with van der Waals surface area (Å²) < 4.78 is 147. The lowest BCUT2D eigenvalue weighted by Crippen LogP contribution is -2.66. The highest BCUT2D eigenvalue weighted by Crippen LogP contribution is 2.46. The predicted molar refractivity (Wildman–Crippen MR) is 579 cm³/mol. The second-order valence-electron chi connectivity index (χ2n) is 38.9. The molecule has 0 aromatic heterocycles. The summed E-state index contributed by atoms with van der Waals surface area (Å²) in [6.45, 7) is 30.0. The van der Waals surface area contributed by atoms with Gasteiger partial charge in [-0.15, -0.1) is 0 Å². The SMILES string of the molecule is CC(C)C(=O)OC[C@@]1(O[C@H]2O[C@H](COC(=O)c3ccc(I)cc3)[C@@H](OC(=O)C(C)C)[C@H](OC(=O)C(C)C)[C@H]2OC(=O)C(C)C)O[C@H](COC(=O)c2ccc(I)cc2)[C@@H](OC(=O)C(C)C)[C@@H]1OC(=O)C(C)C.Cc1cc(I)cc(I)c1OCC(=O)O[C@H]1[C@H](OC(=O)C(C)C)[C@@H](COC(=O)c2ccc(I)cc2)O[C@@]1(COC(=O)C(C)C)O[C@H]1O[C@H](COC(=O)c2ccc(I)cc2)[C@@H](OC(=O)C(C)C)[C@H](OC(=O)C(C)C)[C@H]1OC(=O)C(C)C. The highest BCUT2D eigenvalue weighted by Gasteiger charge is 2.68. The Balaban J connectivity index is 0.000000367. The van der Waals surface area contributed by atoms with Crippen LogP contribution < -0.4 is 4.74 Å². The molecule has 4 aliphatic heterocycles. The molecule has 5 aromatic carbocycles. The Hall–Kier alpha value is -8.44. The van der Waals surface area contributed by atoms with Crippen molar-refractivity contribution in [1.29, 1.82) is 0 Å². The molecule has 0 N–H and O–H groups in total. The van der Waals surface area contributed by atoms with E-state index < -0.39 is 316 Å². The number of ether oxygens (including phenoxy) is 23. The van der Waals surface area contributed by atoms with Gasteiger partial charge in [-0.25, -0.2) is 24.0 Å². The monoisotopic (exact) mass is 2770 g/mol. The molecule has 824 valence electrons. The molecule has 0 bridgehead atoms. The van der Waals surface area contributed by atoms with E-state index in [4.69, 9.17) is 109 Å². The second-order valence-corrected chi connectivity index (χ2v) is 46.3. The number of halogens is 6. The van der Waals surface area contributed by atoms with E-state index in [1.165, 1.54) is 145 Å². The van der Waals surface area contributed by atoms with E-state index in [1.807, 2.05) is 12.1 Å². The Morgan fingerprint density at radius 1 is 0.273 bits per heavy atom. The summed E-state index contributed by atoms with van der Waals surface area (Å²) in [6.07, 6.45) is -28.7. The van der Waals surface area contributed by atoms with E-state index >= 15 is 0 Å². The van der Waals surface area contributed by atoms with Gasteiger partial charge in [-0.3, -0.25) is 52.7 Å². The number of benzene rings is 5. The minimum atomic E-state index is -2.72. The van der Waals surface area contributed by atoms with Crippen molar-refractivity contribution in [2.45, 2.75) is 269 Å². The van der Waals surface area contributed by atoms with Crippen LogP contribution in [0.4, 0.5) is 0 Å². The van der Waals surface area contributed by atoms with Crippen LogP contribution in [0.5, 0.6) is 5.75 Å². The Morgan fingerprint density at radius 3 is 0.780 bits per heavy atom. The number of esters is 16. The van der Waals surface area contributed by atoms with E-state index in [9.17, 15) is 76.7 Å². The van der Waals surface area contributed by atoms with Gasteiger partial charge in [-0.05, 0) is 257 Å². The second kappa shape index (κ2) is 58.4. The van der Waals surface area contributed by atoms with E-state index in [2.05, 4.69) is 136 Å². The summed E-state index contributed by atoms with van der Waals surface area (Å²) in [5.41, 5.74) is 1.26. The van der Waals surface area contributed by atoms with E-state index in [0.717, 1.165) is 17.9 Å². The molecule has 4 fully saturated rings. The molecule has 39 nitrogen and oxygen atoms in total. The first kappa shape index (κ1) is 127. The summed E-state index contributed by atoms with van der Waals surface area (Å²) >= 11 is 12.5. The minimum Gasteiger partial charge on any atom is -0.481 e. The van der Waals surface area contributed by atoms with Gasteiger partial charge in [0.05, 0.1) is 90.9 Å². The smallest absolute Gasteiger partial charge is 0.344 e. The van der Waals surface area contributed by atoms with Crippen LogP contribution in [-0.2, 0) is 162 Å². The fraction of sp³-hybridized carbons (Fsp3) is 0.562. The molecule has 0 radical (unpaired) electrons. The average Bonchev–Trinajstić information content (AvgIpc) is 1.57. The van der Waals surface area contributed by atoms with Crippen molar-refractivity contribution in [3.63, 3.8) is 0 Å². The van der Waals surface area contributed by atoms with Gasteiger partial charge >= 0.3 is 95.5 Å². The zero-order chi connectivity index (χ0) is 112. The molecule has 45 heteroatoms. The minimum absolute atomic E-state index is 0.132. The Labute approximate surface area is 952 Å². The van der Waals surface area contributed by atoms with Crippen LogP contribution in [0, 0.1) is 93.4 Å². The standard InChI is InChI=1S/C55H64I4O20.C50H64I2O19/c1-26(2)47(61)71-25-55(46(73-40(60)24-68-41-31(11)20-36(58)21-37(41)59)43(75-49(63)28(5)6)39(78-55)23-70-53(67)33-14-18-35(57)19-15-33)79-54-45(77-51(65)30(9)10)44(76-50(64)29(7)8)42(74-48(62)27(3)4)38(72-54)22-69-52(66)32-12-16-34(56)17-13-32;1-24(2)41(53)63-23-50(40(69-46(58)29(11)12)37(66-43(55)26(5)6)35(70-50)22-62-48(60)31-15-19-33(52)20-16-31)71-49-39(68-45(57)28(9)10)38(67-44(56)27(7)8)36(65-42(54)25(3)4)34(64-49)21-61-47(59)30-13-17-32(51)18-14-30/h12-21,26-30,38-39,42-46,54H,22-25H2,1-11H3;13-20,24-29,34-40,49H,21-23H2,1-12H3/t38-,39-,42-,43-,44+,45-,46+,54-,55+;34-,35-,36-,37-,38+,39-,40+,49-,50+/m11/s1. The Kier molecular flexibility index (Phi) is 49.3. The lowest BCUT2D eigenvalue weighted by molar-refractivity contribution is -0.385. The van der Waals surface area contributed by atoms with Gasteiger partial charge in [0.2, 0.25) is 24.2 Å². The highest BCUT2D eigenvalue weighted by atomic mass is 127. The van der Waals surface area contributed by atoms with Crippen LogP contribution in [0.15, 0.2) is 109 Å². The van der Waals surface area contributed by atoms with Gasteiger partial charge < -0.3 is 109 Å². The third kappa shape index (κ3) is 36.1. The molecular weight excluding hydrogens is 2650 g/mol. The van der Waals surface area contributed by atoms with Gasteiger partial charge in [0.15, 0.2) is 67.6 Å². The highest BCUT2D eigenvalue weighted by molar-refractivity contribution is 14.1. The predicted octanol–water partition coefficient (Wildman–Crippen LogP) is 15.5. The van der Waals surface area contributed by atoms with Crippen LogP contribution in [-0.4, -0.2) is 251 Å². The number of rotatable bonds is 44. The zero-order valence-electron chi connectivity index (χ0n) is 87.1. The largest absolute Gasteiger partial charge is 0.481 e. The van der Waals surface area contributed by atoms with E-state index in [0.29, 0.717) is 14.9 Å². The number of hydrogen-bond acceptors (Lipinski definition) is 39. The maximum atomic E-state index is 14.4. The lowest BCUT2D eigenvalue weighted by Gasteiger charge is -2.47. The zero-order valence-corrected chi connectivity index (χ0v) is 100. The fourth-order valence-corrected chi connectivity index (χ4v) is 17.7. The topological polar surface area (TPSA) is 485 Å². The molecule has 0 saturated carbocycles. The molecule has 0 aliphatic carbocycles. The first-order chi connectivity index (χ1) is 70.3. The van der Waals surface area contributed by atoms with Crippen molar-refractivity contribution in [2.24, 2.45) is 65.1 Å². The summed E-state index contributed by atoms with van der Waals surface area (Å²) in [5.74, 6) is -27.5. The van der Waals surface area contributed by atoms with Crippen molar-refractivity contribution in [3.8, 4) is 5.75 Å². The normalized spacial score (nSPS) is 23.4. The molecule has 18 atom stereocenters. The van der Waals surface area contributed by atoms with Gasteiger partial charge in [0.25, 0.3) is 0 Å². The van der Waals surface area contributed by atoms with Crippen LogP contribution >= 0.6 is 136 Å². The van der Waals surface area contributed by atoms with Crippen LogP contribution in [0.1, 0.15) is 199 Å². The molecule has 0 amide bonds. The Morgan fingerprint density at radius 2 is 0.513 bits per heavy atom. The van der Waals surface area contributed by atoms with Crippen molar-refractivity contribution >= 4 is 231 Å². The molecule has 4 heterocycles. The maximum Gasteiger partial charge on any atom is 0.344 e. The lowest BCUT2D eigenvalue weighted by atomic mass is 9.96. The number of carbonyl (C=O) groups is 16. The van der Waals surface area contributed by atoms with Gasteiger partial charge in [-0.1, -0.05) is 152 Å². The molecule has 9 rings (SSSR count). The molecule has 4 saturated heterocycles. The van der Waals surface area contributed by atoms with Crippen molar-refractivity contribution in [3.05, 3.63) is 158 Å². The molecule has 0 spiro atoms. The summed E-state index contributed by atoms with van der Waals surface area (Å²) in [5, 5.41) is 0. The van der Waals surface area contributed by atoms with Crippen LogP contribution in [0.3, 0.4) is 0 Å². The summed E-state index contributed by atoms with van der Waals surface area (Å²) in [4.78, 5) is 220. The fourth-order valence-electron chi connectivity index (χ4n) is 14.0. The first-order valence-electron chi connectivity index (χ1n) is 48.5. The van der Waals surface area contributed by atoms with Crippen LogP contribution in [0.2, 0.25) is 0 Å². The number of aryl methyl sites for hydroxylation is 1. The third-order valence-electron chi connectivity index (χ3n) is 22.6. The van der Waals surface area contributed by atoms with E-state index in [-0.39, 0.29) is 22.3 Å². The number of carbonyl (C=O) groups excluding carboxylic acids is 16. The third-order valence-corrected chi connectivity index (χ3v) is 26.9. The van der Waals surface area contributed by atoms with Crippen molar-refractivity contribution in [1.82, 2.24) is 0 Å². The molecule has 4 aliphatic rings. The van der Waals surface area contributed by atoms with Crippen molar-refractivity contribution in [2.75, 3.05) is 46.2 Å². The first-order valence-corrected chi connectivity index (χ1v) is 55.0. The molecule has 0 unspecified atom stereocenters. The Bertz CT molecular complexity index is 5490. The van der Waals surface area contributed by atoms with Crippen molar-refractivity contribution < 1.29 is 186 Å². The van der Waals surface area contributed by atoms with Gasteiger partial charge in [-0.2, -0.15) is 0 Å². The molecule has 150 heavy (non-hydrogen) atoms. The molecular formula is C105H128I6O39. The maximum absolute atomic E-state index is 14.4. The number of hydrogen-bond donors (Lipinski definition) is 0. The van der Waals surface area contributed by atoms with E-state index in [1.54, 1.807) is 111 Å².